The van der Waals surface area contributed by atoms with Crippen LogP contribution in [0, 0.1) is 23.0 Å². The number of para-hydroxylation sites is 1. The third kappa shape index (κ3) is 2.76. The number of nitrogens with zero attached hydrogens (tertiary/aromatic N) is 1. The van der Waals surface area contributed by atoms with Gasteiger partial charge >= 0.3 is 0 Å². The molecule has 5 heteroatoms. The van der Waals surface area contributed by atoms with E-state index in [4.69, 9.17) is 10.00 Å². The summed E-state index contributed by atoms with van der Waals surface area (Å²) in [6.45, 7) is 1.46. The number of ether oxygens (including phenoxy) is 1. The Morgan fingerprint density at radius 3 is 2.55 bits per heavy atom. The summed E-state index contributed by atoms with van der Waals surface area (Å²) >= 11 is 0. The van der Waals surface area contributed by atoms with Crippen molar-refractivity contribution < 1.29 is 18.6 Å². The average Bonchev–Trinajstić information content (AvgIpc) is 2.42. The molecule has 0 fully saturated rings. The lowest BCUT2D eigenvalue weighted by Crippen LogP contribution is -2.00. The first-order valence-electron chi connectivity index (χ1n) is 5.87. The van der Waals surface area contributed by atoms with Gasteiger partial charge in [0.1, 0.15) is 0 Å². The van der Waals surface area contributed by atoms with Gasteiger partial charge in [-0.15, -0.1) is 0 Å². The maximum atomic E-state index is 13.8. The molecule has 102 valence electrons. The molecule has 0 spiro atoms. The number of hydrogen-bond acceptors (Lipinski definition) is 3. The van der Waals surface area contributed by atoms with Crippen LogP contribution in [0.5, 0.6) is 11.5 Å². The molecule has 0 saturated heterocycles. The predicted octanol–water partition coefficient (Wildman–Crippen LogP) is 3.68. The number of aliphatic hydroxyl groups is 1. The molecule has 20 heavy (non-hydrogen) atoms. The average molecular weight is 275 g/mol. The fourth-order valence-corrected chi connectivity index (χ4v) is 1.73. The molecule has 0 aliphatic rings. The Balaban J connectivity index is 2.43. The third-order valence-electron chi connectivity index (χ3n) is 2.72. The van der Waals surface area contributed by atoms with Gasteiger partial charge in [0.25, 0.3) is 0 Å². The van der Waals surface area contributed by atoms with Gasteiger partial charge < -0.3 is 9.84 Å². The van der Waals surface area contributed by atoms with Gasteiger partial charge in [-0.05, 0) is 31.2 Å². The van der Waals surface area contributed by atoms with E-state index in [-0.39, 0.29) is 22.6 Å². The predicted molar refractivity (Wildman–Crippen MR) is 68.2 cm³/mol. The van der Waals surface area contributed by atoms with E-state index < -0.39 is 17.7 Å². The van der Waals surface area contributed by atoms with Crippen LogP contribution in [0.4, 0.5) is 8.78 Å². The number of nitriles is 1. The van der Waals surface area contributed by atoms with Gasteiger partial charge in [-0.2, -0.15) is 5.26 Å². The maximum Gasteiger partial charge on any atom is 0.168 e. The Hall–Kier alpha value is -2.45. The molecular formula is C15H11F2NO2. The summed E-state index contributed by atoms with van der Waals surface area (Å²) in [4.78, 5) is 0. The number of halogens is 2. The zero-order valence-corrected chi connectivity index (χ0v) is 10.6. The van der Waals surface area contributed by atoms with E-state index in [1.807, 2.05) is 0 Å². The Morgan fingerprint density at radius 1 is 1.20 bits per heavy atom. The summed E-state index contributed by atoms with van der Waals surface area (Å²) in [5.74, 6) is -1.92. The van der Waals surface area contributed by atoms with Crippen LogP contribution in [-0.2, 0) is 0 Å². The molecule has 0 bridgehead atoms. The van der Waals surface area contributed by atoms with E-state index in [1.165, 1.54) is 31.2 Å². The van der Waals surface area contributed by atoms with E-state index in [2.05, 4.69) is 0 Å². The topological polar surface area (TPSA) is 53.2 Å². The van der Waals surface area contributed by atoms with Crippen LogP contribution in [0.3, 0.4) is 0 Å². The lowest BCUT2D eigenvalue weighted by molar-refractivity contribution is 0.194. The fourth-order valence-electron chi connectivity index (χ4n) is 1.73. The second-order valence-corrected chi connectivity index (χ2v) is 4.19. The zero-order chi connectivity index (χ0) is 14.7. The van der Waals surface area contributed by atoms with Gasteiger partial charge in [0.2, 0.25) is 0 Å². The molecule has 0 aliphatic carbocycles. The van der Waals surface area contributed by atoms with Gasteiger partial charge in [-0.1, -0.05) is 12.1 Å². The molecule has 0 amide bonds. The van der Waals surface area contributed by atoms with E-state index in [0.717, 1.165) is 12.1 Å². The molecule has 0 heterocycles. The molecule has 2 aromatic rings. The Kier molecular flexibility index (Phi) is 3.97. The highest BCUT2D eigenvalue weighted by Gasteiger charge is 2.16. The van der Waals surface area contributed by atoms with Crippen LogP contribution < -0.4 is 4.74 Å². The van der Waals surface area contributed by atoms with Crippen molar-refractivity contribution in [3.8, 4) is 17.6 Å². The highest BCUT2D eigenvalue weighted by molar-refractivity contribution is 5.42. The first-order valence-corrected chi connectivity index (χ1v) is 5.87. The Labute approximate surface area is 114 Å². The van der Waals surface area contributed by atoms with Crippen molar-refractivity contribution in [1.82, 2.24) is 0 Å². The molecule has 0 unspecified atom stereocenters. The quantitative estimate of drug-likeness (QED) is 0.929. The van der Waals surface area contributed by atoms with Crippen molar-refractivity contribution in [3.05, 3.63) is 59.2 Å². The highest BCUT2D eigenvalue weighted by atomic mass is 19.1. The van der Waals surface area contributed by atoms with E-state index >= 15 is 0 Å². The maximum absolute atomic E-state index is 13.8. The summed E-state index contributed by atoms with van der Waals surface area (Å²) < 4.78 is 32.7. The minimum absolute atomic E-state index is 0.138. The van der Waals surface area contributed by atoms with Crippen molar-refractivity contribution in [1.29, 1.82) is 5.26 Å². The van der Waals surface area contributed by atoms with Gasteiger partial charge in [0.15, 0.2) is 23.1 Å². The number of rotatable bonds is 3. The van der Waals surface area contributed by atoms with Crippen molar-refractivity contribution >= 4 is 0 Å². The molecule has 2 aromatic carbocycles. The molecule has 0 aliphatic heterocycles. The van der Waals surface area contributed by atoms with E-state index in [1.54, 1.807) is 6.07 Å². The second-order valence-electron chi connectivity index (χ2n) is 4.19. The number of aliphatic hydroxyl groups excluding tert-OH is 1. The Bertz CT molecular complexity index is 678. The summed E-state index contributed by atoms with van der Waals surface area (Å²) in [6.07, 6.45) is -0.956. The monoisotopic (exact) mass is 275 g/mol. The highest BCUT2D eigenvalue weighted by Crippen LogP contribution is 2.33. The molecular weight excluding hydrogens is 264 g/mol. The molecule has 0 radical (unpaired) electrons. The van der Waals surface area contributed by atoms with E-state index in [9.17, 15) is 13.9 Å². The molecule has 0 aromatic heterocycles. The summed E-state index contributed by atoms with van der Waals surface area (Å²) in [6, 6.07) is 9.47. The molecule has 2 rings (SSSR count). The van der Waals surface area contributed by atoms with Crippen LogP contribution in [0.25, 0.3) is 0 Å². The molecule has 1 N–H and O–H groups in total. The molecule has 3 nitrogen and oxygen atoms in total. The van der Waals surface area contributed by atoms with Crippen LogP contribution in [0.2, 0.25) is 0 Å². The minimum atomic E-state index is -0.956. The molecule has 0 saturated carbocycles. The lowest BCUT2D eigenvalue weighted by Gasteiger charge is -2.14. The summed E-state index contributed by atoms with van der Waals surface area (Å²) in [5.41, 5.74) is 0.355. The normalized spacial score (nSPS) is 11.8. The van der Waals surface area contributed by atoms with Crippen LogP contribution in [0.1, 0.15) is 24.2 Å². The van der Waals surface area contributed by atoms with Crippen molar-refractivity contribution in [2.24, 2.45) is 0 Å². The van der Waals surface area contributed by atoms with Crippen LogP contribution >= 0.6 is 0 Å². The van der Waals surface area contributed by atoms with Crippen LogP contribution in [-0.4, -0.2) is 5.11 Å². The first-order chi connectivity index (χ1) is 9.52. The third-order valence-corrected chi connectivity index (χ3v) is 2.72. The van der Waals surface area contributed by atoms with Crippen molar-refractivity contribution in [3.63, 3.8) is 0 Å². The van der Waals surface area contributed by atoms with Gasteiger partial charge in [-0.3, -0.25) is 0 Å². The standard InChI is InChI=1S/C15H11F2NO2/c1-9(19)11-3-2-4-12(16)15(11)20-14-6-5-10(8-18)7-13(14)17/h2-7,9,19H,1H3/t9-/m1/s1. The second kappa shape index (κ2) is 5.68. The smallest absolute Gasteiger partial charge is 0.168 e. The Morgan fingerprint density at radius 2 is 1.95 bits per heavy atom. The van der Waals surface area contributed by atoms with Crippen molar-refractivity contribution in [2.75, 3.05) is 0 Å². The molecule has 1 atom stereocenters. The first kappa shape index (κ1) is 14.0. The lowest BCUT2D eigenvalue weighted by atomic mass is 10.1. The largest absolute Gasteiger partial charge is 0.451 e. The summed E-state index contributed by atoms with van der Waals surface area (Å²) in [7, 11) is 0. The van der Waals surface area contributed by atoms with E-state index in [0.29, 0.717) is 0 Å². The fraction of sp³-hybridized carbons (Fsp3) is 0.133. The minimum Gasteiger partial charge on any atom is -0.451 e. The van der Waals surface area contributed by atoms with Gasteiger partial charge in [0.05, 0.1) is 17.7 Å². The van der Waals surface area contributed by atoms with Gasteiger partial charge in [0, 0.05) is 5.56 Å². The van der Waals surface area contributed by atoms with Crippen molar-refractivity contribution in [2.45, 2.75) is 13.0 Å². The SMILES string of the molecule is C[C@@H](O)c1cccc(F)c1Oc1ccc(C#N)cc1F. The van der Waals surface area contributed by atoms with Crippen LogP contribution in [0.15, 0.2) is 36.4 Å². The van der Waals surface area contributed by atoms with Gasteiger partial charge in [-0.25, -0.2) is 8.78 Å². The number of benzene rings is 2. The zero-order valence-electron chi connectivity index (χ0n) is 10.6. The summed E-state index contributed by atoms with van der Waals surface area (Å²) in [5, 5.41) is 18.2. The number of hydrogen-bond donors (Lipinski definition) is 1.